The predicted octanol–water partition coefficient (Wildman–Crippen LogP) is 3.75. The van der Waals surface area contributed by atoms with Gasteiger partial charge in [-0.15, -0.1) is 0 Å². The van der Waals surface area contributed by atoms with E-state index in [1.165, 1.54) is 5.56 Å². The van der Waals surface area contributed by atoms with Crippen molar-refractivity contribution in [3.05, 3.63) is 52.0 Å². The van der Waals surface area contributed by atoms with Crippen LogP contribution in [-0.4, -0.2) is 17.7 Å². The molecule has 0 aliphatic carbocycles. The highest BCUT2D eigenvalue weighted by molar-refractivity contribution is 9.10. The van der Waals surface area contributed by atoms with Crippen molar-refractivity contribution in [1.29, 1.82) is 0 Å². The molecule has 0 fully saturated rings. The third-order valence-electron chi connectivity index (χ3n) is 3.22. The van der Waals surface area contributed by atoms with Crippen molar-refractivity contribution in [3.8, 4) is 16.9 Å². The molecule has 0 atom stereocenters. The van der Waals surface area contributed by atoms with Gasteiger partial charge in [-0.05, 0) is 56.9 Å². The fourth-order valence-corrected chi connectivity index (χ4v) is 2.65. The molecular formula is C15H11BrO3. The molecule has 4 heteroatoms. The molecule has 0 radical (unpaired) electrons. The summed E-state index contributed by atoms with van der Waals surface area (Å²) in [4.78, 5) is 11.1. The summed E-state index contributed by atoms with van der Waals surface area (Å²) < 4.78 is 6.06. The van der Waals surface area contributed by atoms with E-state index in [2.05, 4.69) is 22.0 Å². The number of fused-ring (bicyclic) bond motifs is 1. The maximum atomic E-state index is 11.1. The Bertz CT molecular complexity index is 664. The van der Waals surface area contributed by atoms with E-state index < -0.39 is 5.97 Å². The van der Waals surface area contributed by atoms with Gasteiger partial charge in [0, 0.05) is 10.9 Å². The van der Waals surface area contributed by atoms with Crippen molar-refractivity contribution in [2.24, 2.45) is 0 Å². The molecule has 2 aromatic rings. The Morgan fingerprint density at radius 2 is 1.89 bits per heavy atom. The Morgan fingerprint density at radius 3 is 2.68 bits per heavy atom. The lowest BCUT2D eigenvalue weighted by molar-refractivity contribution is 0.0696. The summed E-state index contributed by atoms with van der Waals surface area (Å²) >= 11 is 3.25. The zero-order valence-corrected chi connectivity index (χ0v) is 11.6. The lowest BCUT2D eigenvalue weighted by Gasteiger charge is -2.07. The van der Waals surface area contributed by atoms with Crippen LogP contribution in [0.2, 0.25) is 0 Å². The van der Waals surface area contributed by atoms with Crippen LogP contribution >= 0.6 is 15.9 Å². The van der Waals surface area contributed by atoms with Crippen molar-refractivity contribution in [2.75, 3.05) is 6.61 Å². The minimum Gasteiger partial charge on any atom is -0.493 e. The number of rotatable bonds is 2. The molecule has 0 aromatic heterocycles. The molecule has 3 nitrogen and oxygen atoms in total. The van der Waals surface area contributed by atoms with Gasteiger partial charge in [0.25, 0.3) is 0 Å². The molecule has 1 N–H and O–H groups in total. The highest BCUT2D eigenvalue weighted by Gasteiger charge is 2.14. The quantitative estimate of drug-likeness (QED) is 0.917. The van der Waals surface area contributed by atoms with Gasteiger partial charge in [0.2, 0.25) is 0 Å². The van der Waals surface area contributed by atoms with E-state index in [4.69, 9.17) is 9.84 Å². The molecule has 96 valence electrons. The summed E-state index contributed by atoms with van der Waals surface area (Å²) in [6, 6.07) is 11.3. The minimum atomic E-state index is -0.932. The Hall–Kier alpha value is -1.81. The van der Waals surface area contributed by atoms with E-state index in [0.29, 0.717) is 4.47 Å². The van der Waals surface area contributed by atoms with Crippen LogP contribution in [0.1, 0.15) is 15.9 Å². The van der Waals surface area contributed by atoms with Crippen molar-refractivity contribution in [3.63, 3.8) is 0 Å². The Morgan fingerprint density at radius 1 is 1.16 bits per heavy atom. The zero-order valence-electron chi connectivity index (χ0n) is 10.0. The van der Waals surface area contributed by atoms with E-state index >= 15 is 0 Å². The van der Waals surface area contributed by atoms with Gasteiger partial charge in [-0.1, -0.05) is 12.1 Å². The smallest absolute Gasteiger partial charge is 0.336 e. The molecule has 0 saturated heterocycles. The normalized spacial score (nSPS) is 12.9. The first-order valence-corrected chi connectivity index (χ1v) is 6.73. The van der Waals surface area contributed by atoms with E-state index in [1.54, 1.807) is 12.1 Å². The first-order chi connectivity index (χ1) is 9.15. The molecule has 0 saturated carbocycles. The number of halogens is 1. The van der Waals surface area contributed by atoms with Crippen molar-refractivity contribution in [1.82, 2.24) is 0 Å². The van der Waals surface area contributed by atoms with Crippen molar-refractivity contribution >= 4 is 21.9 Å². The van der Waals surface area contributed by atoms with Crippen molar-refractivity contribution in [2.45, 2.75) is 6.42 Å². The van der Waals surface area contributed by atoms with Gasteiger partial charge in [-0.3, -0.25) is 0 Å². The number of benzene rings is 2. The van der Waals surface area contributed by atoms with E-state index in [9.17, 15) is 4.79 Å². The number of hydrogen-bond donors (Lipinski definition) is 1. The summed E-state index contributed by atoms with van der Waals surface area (Å²) in [5, 5.41) is 9.14. The highest BCUT2D eigenvalue weighted by atomic mass is 79.9. The number of carbonyl (C=O) groups is 1. The summed E-state index contributed by atoms with van der Waals surface area (Å²) in [6.45, 7) is 0.722. The zero-order chi connectivity index (χ0) is 13.4. The molecular weight excluding hydrogens is 308 g/mol. The third kappa shape index (κ3) is 2.24. The van der Waals surface area contributed by atoms with E-state index in [1.807, 2.05) is 18.2 Å². The SMILES string of the molecule is O=C(O)c1cc(-c2ccc3c(c2)CCO3)ccc1Br. The fraction of sp³-hybridized carbons (Fsp3) is 0.133. The molecule has 0 unspecified atom stereocenters. The van der Waals surface area contributed by atoms with Crippen LogP contribution in [0.25, 0.3) is 11.1 Å². The number of aromatic carboxylic acids is 1. The Labute approximate surface area is 119 Å². The number of carboxylic acid groups (broad SMARTS) is 1. The standard InChI is InChI=1S/C15H11BrO3/c16-13-3-1-10(8-12(13)15(17)18)9-2-4-14-11(7-9)5-6-19-14/h1-4,7-8H,5-6H2,(H,17,18). The lowest BCUT2D eigenvalue weighted by Crippen LogP contribution is -1.97. The molecule has 0 spiro atoms. The molecule has 1 aliphatic rings. The van der Waals surface area contributed by atoms with E-state index in [-0.39, 0.29) is 5.56 Å². The Balaban J connectivity index is 2.07. The number of hydrogen-bond acceptors (Lipinski definition) is 2. The van der Waals surface area contributed by atoms with Gasteiger partial charge in [-0.25, -0.2) is 4.79 Å². The van der Waals surface area contributed by atoms with Crippen LogP contribution in [-0.2, 0) is 6.42 Å². The summed E-state index contributed by atoms with van der Waals surface area (Å²) in [5.74, 6) is -0.00228. The van der Waals surface area contributed by atoms with Crippen LogP contribution in [0.4, 0.5) is 0 Å². The Kier molecular flexibility index (Phi) is 3.03. The topological polar surface area (TPSA) is 46.5 Å². The second kappa shape index (κ2) is 4.70. The van der Waals surface area contributed by atoms with Crippen LogP contribution in [0.15, 0.2) is 40.9 Å². The summed E-state index contributed by atoms with van der Waals surface area (Å²) in [5.41, 5.74) is 3.36. The van der Waals surface area contributed by atoms with Gasteiger partial charge in [0.1, 0.15) is 5.75 Å². The number of ether oxygens (including phenoxy) is 1. The maximum absolute atomic E-state index is 11.1. The molecule has 2 aromatic carbocycles. The first kappa shape index (κ1) is 12.2. The highest BCUT2D eigenvalue weighted by Crippen LogP contribution is 2.32. The fourth-order valence-electron chi connectivity index (χ4n) is 2.23. The minimum absolute atomic E-state index is 0.272. The van der Waals surface area contributed by atoms with Crippen LogP contribution in [0.3, 0.4) is 0 Å². The average Bonchev–Trinajstić information content (AvgIpc) is 2.86. The van der Waals surface area contributed by atoms with Gasteiger partial charge < -0.3 is 9.84 Å². The van der Waals surface area contributed by atoms with E-state index in [0.717, 1.165) is 29.9 Å². The first-order valence-electron chi connectivity index (χ1n) is 5.94. The summed E-state index contributed by atoms with van der Waals surface area (Å²) in [6.07, 6.45) is 0.908. The molecule has 0 amide bonds. The molecule has 1 heterocycles. The predicted molar refractivity (Wildman–Crippen MR) is 75.7 cm³/mol. The molecule has 19 heavy (non-hydrogen) atoms. The molecule has 1 aliphatic heterocycles. The monoisotopic (exact) mass is 318 g/mol. The average molecular weight is 319 g/mol. The molecule has 0 bridgehead atoms. The second-order valence-electron chi connectivity index (χ2n) is 4.42. The van der Waals surface area contributed by atoms with Crippen LogP contribution in [0.5, 0.6) is 5.75 Å². The molecule has 3 rings (SSSR count). The van der Waals surface area contributed by atoms with Crippen LogP contribution < -0.4 is 4.74 Å². The van der Waals surface area contributed by atoms with Crippen molar-refractivity contribution < 1.29 is 14.6 Å². The van der Waals surface area contributed by atoms with Gasteiger partial charge >= 0.3 is 5.97 Å². The largest absolute Gasteiger partial charge is 0.493 e. The third-order valence-corrected chi connectivity index (χ3v) is 3.91. The van der Waals surface area contributed by atoms with Gasteiger partial charge in [0.15, 0.2) is 0 Å². The lowest BCUT2D eigenvalue weighted by atomic mass is 10.0. The van der Waals surface area contributed by atoms with Gasteiger partial charge in [-0.2, -0.15) is 0 Å². The van der Waals surface area contributed by atoms with Gasteiger partial charge in [0.05, 0.1) is 12.2 Å². The second-order valence-corrected chi connectivity index (χ2v) is 5.28. The number of carboxylic acids is 1. The van der Waals surface area contributed by atoms with Crippen LogP contribution in [0, 0.1) is 0 Å². The maximum Gasteiger partial charge on any atom is 0.336 e. The summed E-state index contributed by atoms with van der Waals surface area (Å²) in [7, 11) is 0.